The van der Waals surface area contributed by atoms with Gasteiger partial charge in [-0.25, -0.2) is 8.42 Å². The molecule has 0 fully saturated rings. The minimum absolute atomic E-state index is 0.0167. The zero-order valence-electron chi connectivity index (χ0n) is 24.1. The minimum atomic E-state index is -4.71. The molecule has 226 valence electrons. The third-order valence-corrected chi connectivity index (χ3v) is 8.16. The average molecular weight is 604 g/mol. The third kappa shape index (κ3) is 8.82. The molecule has 3 rings (SSSR count). The molecule has 0 aliphatic rings. The lowest BCUT2D eigenvalue weighted by atomic mass is 10.0. The first-order valence-corrected chi connectivity index (χ1v) is 15.4. The van der Waals surface area contributed by atoms with Crippen LogP contribution >= 0.6 is 0 Å². The standard InChI is InChI=1S/C31H36F3N3O4S/c1-5-23(3)35-30(39)28(18-24-13-7-6-8-14-24)36(20-25-15-10-9-12-22(25)2)29(38)21-37(42(4,40)41)27-17-11-16-26(19-27)31(32,33)34/h6-17,19,23,28H,5,18,20-21H2,1-4H3,(H,35,39). The highest BCUT2D eigenvalue weighted by Crippen LogP contribution is 2.32. The molecule has 0 bridgehead atoms. The monoisotopic (exact) mass is 603 g/mol. The number of sulfonamides is 1. The molecule has 2 unspecified atom stereocenters. The SMILES string of the molecule is CCC(C)NC(=O)C(Cc1ccccc1)N(Cc1ccccc1C)C(=O)CN(c1cccc(C(F)(F)F)c1)S(C)(=O)=O. The van der Waals surface area contributed by atoms with Gasteiger partial charge in [-0.1, -0.05) is 67.6 Å². The number of hydrogen-bond acceptors (Lipinski definition) is 4. The van der Waals surface area contributed by atoms with Crippen molar-refractivity contribution in [1.82, 2.24) is 10.2 Å². The number of aryl methyl sites for hydroxylation is 1. The molecule has 0 aromatic heterocycles. The predicted molar refractivity (Wildman–Crippen MR) is 157 cm³/mol. The van der Waals surface area contributed by atoms with Crippen molar-refractivity contribution < 1.29 is 31.2 Å². The van der Waals surface area contributed by atoms with Crippen molar-refractivity contribution in [2.24, 2.45) is 0 Å². The molecule has 0 saturated heterocycles. The molecule has 11 heteroatoms. The van der Waals surface area contributed by atoms with Gasteiger partial charge in [0.2, 0.25) is 21.8 Å². The Morgan fingerprint density at radius 1 is 0.952 bits per heavy atom. The van der Waals surface area contributed by atoms with Crippen LogP contribution in [0.2, 0.25) is 0 Å². The second kappa shape index (κ2) is 13.9. The number of hydrogen-bond donors (Lipinski definition) is 1. The van der Waals surface area contributed by atoms with Crippen molar-refractivity contribution in [3.8, 4) is 0 Å². The molecule has 3 aromatic carbocycles. The van der Waals surface area contributed by atoms with Crippen LogP contribution in [-0.4, -0.2) is 50.0 Å². The fourth-order valence-corrected chi connectivity index (χ4v) is 5.26. The molecule has 3 aromatic rings. The van der Waals surface area contributed by atoms with E-state index in [1.54, 1.807) is 6.07 Å². The molecular weight excluding hydrogens is 567 g/mol. The zero-order chi connectivity index (χ0) is 31.1. The number of carbonyl (C=O) groups is 2. The maximum absolute atomic E-state index is 14.1. The summed E-state index contributed by atoms with van der Waals surface area (Å²) in [5.41, 5.74) is 1.02. The summed E-state index contributed by atoms with van der Waals surface area (Å²) >= 11 is 0. The fourth-order valence-electron chi connectivity index (χ4n) is 4.42. The van der Waals surface area contributed by atoms with E-state index in [2.05, 4.69) is 5.32 Å². The van der Waals surface area contributed by atoms with Crippen LogP contribution < -0.4 is 9.62 Å². The van der Waals surface area contributed by atoms with Crippen molar-refractivity contribution in [2.45, 2.75) is 58.4 Å². The van der Waals surface area contributed by atoms with Crippen LogP contribution in [0.3, 0.4) is 0 Å². The van der Waals surface area contributed by atoms with Crippen LogP contribution in [0.5, 0.6) is 0 Å². The van der Waals surface area contributed by atoms with Crippen LogP contribution in [0.15, 0.2) is 78.9 Å². The van der Waals surface area contributed by atoms with Gasteiger partial charge >= 0.3 is 6.18 Å². The number of nitrogens with zero attached hydrogens (tertiary/aromatic N) is 2. The molecular formula is C31H36F3N3O4S. The summed E-state index contributed by atoms with van der Waals surface area (Å²) in [5, 5.41) is 2.94. The summed E-state index contributed by atoms with van der Waals surface area (Å²) in [7, 11) is -4.20. The van der Waals surface area contributed by atoms with E-state index in [-0.39, 0.29) is 24.7 Å². The van der Waals surface area contributed by atoms with Gasteiger partial charge in [0.1, 0.15) is 12.6 Å². The average Bonchev–Trinajstić information content (AvgIpc) is 2.93. The summed E-state index contributed by atoms with van der Waals surface area (Å²) in [4.78, 5) is 29.1. The van der Waals surface area contributed by atoms with E-state index in [0.29, 0.717) is 16.8 Å². The van der Waals surface area contributed by atoms with Crippen LogP contribution in [0.4, 0.5) is 18.9 Å². The summed E-state index contributed by atoms with van der Waals surface area (Å²) < 4.78 is 66.7. The summed E-state index contributed by atoms with van der Waals surface area (Å²) in [5.74, 6) is -1.15. The van der Waals surface area contributed by atoms with Gasteiger partial charge in [-0.05, 0) is 55.2 Å². The molecule has 7 nitrogen and oxygen atoms in total. The largest absolute Gasteiger partial charge is 0.416 e. The van der Waals surface area contributed by atoms with Crippen molar-refractivity contribution in [1.29, 1.82) is 0 Å². The molecule has 1 N–H and O–H groups in total. The van der Waals surface area contributed by atoms with Crippen LogP contribution in [0.1, 0.15) is 42.5 Å². The normalized spacial score (nSPS) is 13.2. The summed E-state index contributed by atoms with van der Waals surface area (Å²) in [6.45, 7) is 4.79. The highest BCUT2D eigenvalue weighted by atomic mass is 32.2. The molecule has 0 radical (unpaired) electrons. The van der Waals surface area contributed by atoms with Crippen LogP contribution in [0, 0.1) is 6.92 Å². The van der Waals surface area contributed by atoms with E-state index >= 15 is 0 Å². The van der Waals surface area contributed by atoms with Gasteiger partial charge in [0.25, 0.3) is 0 Å². The first kappa shape index (κ1) is 32.7. The highest BCUT2D eigenvalue weighted by Gasteiger charge is 2.35. The number of anilines is 1. The lowest BCUT2D eigenvalue weighted by Gasteiger charge is -2.34. The Bertz CT molecular complexity index is 1480. The maximum Gasteiger partial charge on any atom is 0.416 e. The Kier molecular flexibility index (Phi) is 10.8. The van der Waals surface area contributed by atoms with Gasteiger partial charge in [0.05, 0.1) is 17.5 Å². The number of alkyl halides is 3. The minimum Gasteiger partial charge on any atom is -0.352 e. The van der Waals surface area contributed by atoms with E-state index in [1.807, 2.05) is 69.3 Å². The number of halogens is 3. The number of amides is 2. The summed E-state index contributed by atoms with van der Waals surface area (Å²) in [6, 6.07) is 19.0. The first-order valence-electron chi connectivity index (χ1n) is 13.5. The lowest BCUT2D eigenvalue weighted by molar-refractivity contribution is -0.140. The number of rotatable bonds is 12. The second-order valence-electron chi connectivity index (χ2n) is 10.3. The molecule has 0 spiro atoms. The Morgan fingerprint density at radius 3 is 2.19 bits per heavy atom. The van der Waals surface area contributed by atoms with E-state index in [1.165, 1.54) is 11.0 Å². The quantitative estimate of drug-likeness (QED) is 0.303. The number of carbonyl (C=O) groups excluding carboxylic acids is 2. The van der Waals surface area contributed by atoms with Gasteiger partial charge < -0.3 is 10.2 Å². The molecule has 42 heavy (non-hydrogen) atoms. The number of benzene rings is 3. The summed E-state index contributed by atoms with van der Waals surface area (Å²) in [6.07, 6.45) is -3.10. The van der Waals surface area contributed by atoms with Gasteiger partial charge in [0, 0.05) is 19.0 Å². The molecule has 2 atom stereocenters. The van der Waals surface area contributed by atoms with Crippen LogP contribution in [-0.2, 0) is 38.8 Å². The lowest BCUT2D eigenvalue weighted by Crippen LogP contribution is -2.54. The first-order chi connectivity index (χ1) is 19.7. The number of nitrogens with one attached hydrogen (secondary N) is 1. The van der Waals surface area contributed by atoms with E-state index in [9.17, 15) is 31.2 Å². The predicted octanol–water partition coefficient (Wildman–Crippen LogP) is 5.33. The van der Waals surface area contributed by atoms with Crippen molar-refractivity contribution in [3.05, 3.63) is 101 Å². The molecule has 0 aliphatic heterocycles. The highest BCUT2D eigenvalue weighted by molar-refractivity contribution is 7.92. The smallest absolute Gasteiger partial charge is 0.352 e. The van der Waals surface area contributed by atoms with Gasteiger partial charge in [-0.15, -0.1) is 0 Å². The van der Waals surface area contributed by atoms with Gasteiger partial charge in [-0.2, -0.15) is 13.2 Å². The van der Waals surface area contributed by atoms with Crippen molar-refractivity contribution in [3.63, 3.8) is 0 Å². The molecule has 0 saturated carbocycles. The Hall–Kier alpha value is -3.86. The van der Waals surface area contributed by atoms with E-state index in [4.69, 9.17) is 0 Å². The molecule has 0 aliphatic carbocycles. The van der Waals surface area contributed by atoms with Gasteiger partial charge in [-0.3, -0.25) is 13.9 Å². The topological polar surface area (TPSA) is 86.8 Å². The van der Waals surface area contributed by atoms with E-state index < -0.39 is 46.2 Å². The Balaban J connectivity index is 2.10. The molecule has 0 heterocycles. The van der Waals surface area contributed by atoms with Crippen molar-refractivity contribution >= 4 is 27.5 Å². The van der Waals surface area contributed by atoms with Gasteiger partial charge in [0.15, 0.2) is 0 Å². The van der Waals surface area contributed by atoms with E-state index in [0.717, 1.165) is 35.1 Å². The van der Waals surface area contributed by atoms with Crippen LogP contribution in [0.25, 0.3) is 0 Å². The Morgan fingerprint density at radius 2 is 1.60 bits per heavy atom. The molecule has 2 amide bonds. The van der Waals surface area contributed by atoms with Crippen molar-refractivity contribution in [2.75, 3.05) is 17.1 Å². The maximum atomic E-state index is 14.1. The third-order valence-electron chi connectivity index (χ3n) is 7.01. The zero-order valence-corrected chi connectivity index (χ0v) is 24.9. The second-order valence-corrected chi connectivity index (χ2v) is 12.2. The fraction of sp³-hybridized carbons (Fsp3) is 0.355. The Labute approximate surface area is 245 Å².